The van der Waals surface area contributed by atoms with Crippen molar-refractivity contribution >= 4 is 29.1 Å². The summed E-state index contributed by atoms with van der Waals surface area (Å²) < 4.78 is 1.55. The molecule has 1 aromatic carbocycles. The molecule has 0 bridgehead atoms. The first kappa shape index (κ1) is 14.7. The van der Waals surface area contributed by atoms with Crippen LogP contribution >= 0.6 is 23.2 Å². The van der Waals surface area contributed by atoms with Crippen LogP contribution in [-0.4, -0.2) is 32.0 Å². The Labute approximate surface area is 126 Å². The summed E-state index contributed by atoms with van der Waals surface area (Å²) in [4.78, 5) is 11.5. The number of halogens is 2. The van der Waals surface area contributed by atoms with Gasteiger partial charge in [0.1, 0.15) is 0 Å². The Morgan fingerprint density at radius 2 is 2.05 bits per heavy atom. The molecule has 1 N–H and O–H groups in total. The summed E-state index contributed by atoms with van der Waals surface area (Å²) in [6.07, 6.45) is 1.04. The van der Waals surface area contributed by atoms with Gasteiger partial charge in [0.05, 0.1) is 12.2 Å². The molecule has 1 amide bonds. The fourth-order valence-corrected chi connectivity index (χ4v) is 1.85. The maximum atomic E-state index is 11.5. The van der Waals surface area contributed by atoms with Gasteiger partial charge < -0.3 is 5.32 Å². The summed E-state index contributed by atoms with van der Waals surface area (Å²) in [7, 11) is 0. The maximum Gasteiger partial charge on any atom is 0.220 e. The molecule has 0 fully saturated rings. The molecule has 0 unspecified atom stereocenters. The van der Waals surface area contributed by atoms with Crippen molar-refractivity contribution in [3.8, 4) is 5.69 Å². The van der Waals surface area contributed by atoms with Gasteiger partial charge in [-0.1, -0.05) is 11.6 Å². The van der Waals surface area contributed by atoms with Gasteiger partial charge in [-0.3, -0.25) is 4.79 Å². The monoisotopic (exact) mass is 313 g/mol. The lowest BCUT2D eigenvalue weighted by Gasteiger charge is -2.06. The molecule has 1 heterocycles. The van der Waals surface area contributed by atoms with Crippen molar-refractivity contribution in [2.75, 3.05) is 5.88 Å². The summed E-state index contributed by atoms with van der Waals surface area (Å²) in [6.45, 7) is 0.261. The molecule has 0 radical (unpaired) electrons. The van der Waals surface area contributed by atoms with Crippen LogP contribution in [0.1, 0.15) is 18.7 Å². The molecule has 20 heavy (non-hydrogen) atoms. The third-order valence-corrected chi connectivity index (χ3v) is 3.11. The number of tetrazole rings is 1. The van der Waals surface area contributed by atoms with E-state index in [9.17, 15) is 4.79 Å². The van der Waals surface area contributed by atoms with Crippen LogP contribution < -0.4 is 5.32 Å². The fourth-order valence-electron chi connectivity index (χ4n) is 1.59. The number of carbonyl (C=O) groups excluding carboxylic acids is 1. The Hall–Kier alpha value is -1.66. The van der Waals surface area contributed by atoms with Crippen molar-refractivity contribution in [3.05, 3.63) is 35.1 Å². The minimum Gasteiger partial charge on any atom is -0.349 e. The first-order valence-electron chi connectivity index (χ1n) is 6.06. The lowest BCUT2D eigenvalue weighted by atomic mass is 10.3. The maximum absolute atomic E-state index is 11.5. The molecule has 0 aliphatic heterocycles. The van der Waals surface area contributed by atoms with E-state index in [1.165, 1.54) is 0 Å². The predicted octanol–water partition coefficient (Wildman–Crippen LogP) is 1.95. The van der Waals surface area contributed by atoms with E-state index in [1.807, 2.05) is 0 Å². The van der Waals surface area contributed by atoms with Crippen molar-refractivity contribution in [2.45, 2.75) is 19.4 Å². The second-order valence-electron chi connectivity index (χ2n) is 4.05. The zero-order valence-electron chi connectivity index (χ0n) is 10.6. The molecule has 8 heteroatoms. The van der Waals surface area contributed by atoms with Gasteiger partial charge in [0.2, 0.25) is 5.91 Å². The van der Waals surface area contributed by atoms with Crippen molar-refractivity contribution in [1.82, 2.24) is 25.5 Å². The average Bonchev–Trinajstić information content (AvgIpc) is 2.92. The smallest absolute Gasteiger partial charge is 0.220 e. The normalized spacial score (nSPS) is 10.5. The molecule has 0 saturated heterocycles. The summed E-state index contributed by atoms with van der Waals surface area (Å²) in [5.74, 6) is 0.943. The Morgan fingerprint density at radius 1 is 1.30 bits per heavy atom. The van der Waals surface area contributed by atoms with Crippen LogP contribution in [0.25, 0.3) is 5.69 Å². The lowest BCUT2D eigenvalue weighted by Crippen LogP contribution is -2.24. The first-order valence-corrected chi connectivity index (χ1v) is 6.98. The predicted molar refractivity (Wildman–Crippen MR) is 76.0 cm³/mol. The van der Waals surface area contributed by atoms with Crippen LogP contribution in [0.2, 0.25) is 5.02 Å². The largest absolute Gasteiger partial charge is 0.349 e. The fraction of sp³-hybridized carbons (Fsp3) is 0.333. The van der Waals surface area contributed by atoms with Crippen molar-refractivity contribution in [1.29, 1.82) is 0 Å². The molecule has 0 aliphatic carbocycles. The third kappa shape index (κ3) is 3.91. The topological polar surface area (TPSA) is 72.7 Å². The first-order chi connectivity index (χ1) is 9.70. The van der Waals surface area contributed by atoms with E-state index in [-0.39, 0.29) is 12.5 Å². The molecular weight excluding hydrogens is 301 g/mol. The van der Waals surface area contributed by atoms with Gasteiger partial charge in [-0.05, 0) is 41.1 Å². The van der Waals surface area contributed by atoms with Gasteiger partial charge in [-0.2, -0.15) is 4.68 Å². The van der Waals surface area contributed by atoms with Crippen molar-refractivity contribution < 1.29 is 4.79 Å². The highest BCUT2D eigenvalue weighted by molar-refractivity contribution is 6.30. The Kier molecular flexibility index (Phi) is 5.31. The SMILES string of the molecule is O=C(CCCCl)NCc1nnnn1-c1ccc(Cl)cc1. The number of rotatable bonds is 6. The molecule has 6 nitrogen and oxygen atoms in total. The van der Waals surface area contributed by atoms with Gasteiger partial charge in [-0.25, -0.2) is 0 Å². The summed E-state index contributed by atoms with van der Waals surface area (Å²) in [5.41, 5.74) is 0.782. The number of benzene rings is 1. The summed E-state index contributed by atoms with van der Waals surface area (Å²) in [6, 6.07) is 7.11. The van der Waals surface area contributed by atoms with E-state index in [0.29, 0.717) is 29.6 Å². The standard InChI is InChI=1S/C12H13Cl2N5O/c13-7-1-2-12(20)15-8-11-16-17-18-19(11)10-5-3-9(14)4-6-10/h3-6H,1-2,7-8H2,(H,15,20). The number of aromatic nitrogens is 4. The van der Waals surface area contributed by atoms with E-state index in [0.717, 1.165) is 5.69 Å². The molecule has 0 spiro atoms. The lowest BCUT2D eigenvalue weighted by molar-refractivity contribution is -0.121. The van der Waals surface area contributed by atoms with Gasteiger partial charge >= 0.3 is 0 Å². The number of nitrogens with zero attached hydrogens (tertiary/aromatic N) is 4. The zero-order valence-corrected chi connectivity index (χ0v) is 12.1. The third-order valence-electron chi connectivity index (χ3n) is 2.59. The van der Waals surface area contributed by atoms with Gasteiger partial charge in [0.15, 0.2) is 5.82 Å². The second-order valence-corrected chi connectivity index (χ2v) is 4.87. The van der Waals surface area contributed by atoms with Gasteiger partial charge in [0.25, 0.3) is 0 Å². The van der Waals surface area contributed by atoms with Crippen LogP contribution in [0.3, 0.4) is 0 Å². The quantitative estimate of drug-likeness (QED) is 0.827. The average molecular weight is 314 g/mol. The highest BCUT2D eigenvalue weighted by Gasteiger charge is 2.09. The van der Waals surface area contributed by atoms with Crippen LogP contribution in [-0.2, 0) is 11.3 Å². The molecular formula is C12H13Cl2N5O. The Balaban J connectivity index is 2.02. The highest BCUT2D eigenvalue weighted by atomic mass is 35.5. The summed E-state index contributed by atoms with van der Waals surface area (Å²) >= 11 is 11.4. The highest BCUT2D eigenvalue weighted by Crippen LogP contribution is 2.13. The Bertz CT molecular complexity index is 569. The van der Waals surface area contributed by atoms with Gasteiger partial charge in [-0.15, -0.1) is 16.7 Å². The molecule has 0 aliphatic rings. The minimum absolute atomic E-state index is 0.0729. The number of carbonyl (C=O) groups is 1. The number of nitrogens with one attached hydrogen (secondary N) is 1. The van der Waals surface area contributed by atoms with E-state index in [4.69, 9.17) is 23.2 Å². The van der Waals surface area contributed by atoms with E-state index >= 15 is 0 Å². The molecule has 1 aromatic heterocycles. The van der Waals surface area contributed by atoms with Crippen molar-refractivity contribution in [3.63, 3.8) is 0 Å². The zero-order chi connectivity index (χ0) is 14.4. The van der Waals surface area contributed by atoms with Crippen molar-refractivity contribution in [2.24, 2.45) is 0 Å². The van der Waals surface area contributed by atoms with Crippen LogP contribution in [0.5, 0.6) is 0 Å². The molecule has 2 rings (SSSR count). The van der Waals surface area contributed by atoms with Crippen LogP contribution in [0, 0.1) is 0 Å². The van der Waals surface area contributed by atoms with Gasteiger partial charge in [0, 0.05) is 17.3 Å². The summed E-state index contributed by atoms with van der Waals surface area (Å²) in [5, 5.41) is 14.8. The number of hydrogen-bond donors (Lipinski definition) is 1. The van der Waals surface area contributed by atoms with Crippen LogP contribution in [0.4, 0.5) is 0 Å². The second kappa shape index (κ2) is 7.21. The van der Waals surface area contributed by atoms with E-state index in [1.54, 1.807) is 28.9 Å². The molecule has 0 saturated carbocycles. The molecule has 106 valence electrons. The molecule has 2 aromatic rings. The Morgan fingerprint density at radius 3 is 2.75 bits per heavy atom. The number of alkyl halides is 1. The van der Waals surface area contributed by atoms with Crippen LogP contribution in [0.15, 0.2) is 24.3 Å². The minimum atomic E-state index is -0.0729. The number of hydrogen-bond acceptors (Lipinski definition) is 4. The van der Waals surface area contributed by atoms with E-state index < -0.39 is 0 Å². The molecule has 0 atom stereocenters. The van der Waals surface area contributed by atoms with E-state index in [2.05, 4.69) is 20.8 Å². The number of amides is 1.